The quantitative estimate of drug-likeness (QED) is 0.389. The van der Waals surface area contributed by atoms with Gasteiger partial charge >= 0.3 is 0 Å². The number of halogens is 2. The highest BCUT2D eigenvalue weighted by atomic mass is 127. The van der Waals surface area contributed by atoms with Crippen LogP contribution in [0.2, 0.25) is 0 Å². The molecule has 0 bridgehead atoms. The van der Waals surface area contributed by atoms with Crippen molar-refractivity contribution in [2.75, 3.05) is 11.9 Å². The topological polar surface area (TPSA) is 61.8 Å². The van der Waals surface area contributed by atoms with Crippen LogP contribution in [0.25, 0.3) is 0 Å². The maximum atomic E-state index is 13.3. The molecule has 8 heteroatoms. The van der Waals surface area contributed by atoms with Crippen LogP contribution in [0.3, 0.4) is 0 Å². The summed E-state index contributed by atoms with van der Waals surface area (Å²) < 4.78 is 14.4. The van der Waals surface area contributed by atoms with Crippen LogP contribution in [0.5, 0.6) is 0 Å². The molecule has 1 saturated heterocycles. The van der Waals surface area contributed by atoms with Crippen LogP contribution >= 0.6 is 34.4 Å². The van der Waals surface area contributed by atoms with Gasteiger partial charge in [0.15, 0.2) is 5.17 Å². The Bertz CT molecular complexity index is 1150. The number of carbonyl (C=O) groups is 2. The van der Waals surface area contributed by atoms with Gasteiger partial charge in [0.25, 0.3) is 0 Å². The minimum Gasteiger partial charge on any atom is -0.325 e. The first-order valence-electron chi connectivity index (χ1n) is 10.4. The molecule has 0 aliphatic carbocycles. The van der Waals surface area contributed by atoms with Crippen LogP contribution in [0.4, 0.5) is 15.8 Å². The lowest BCUT2D eigenvalue weighted by Gasteiger charge is -2.32. The van der Waals surface area contributed by atoms with Gasteiger partial charge in [-0.1, -0.05) is 42.1 Å². The highest BCUT2D eigenvalue weighted by Crippen LogP contribution is 2.30. The smallest absolute Gasteiger partial charge is 0.238 e. The van der Waals surface area contributed by atoms with Crippen molar-refractivity contribution in [1.82, 2.24) is 4.90 Å². The normalized spacial score (nSPS) is 17.3. The summed E-state index contributed by atoms with van der Waals surface area (Å²) in [7, 11) is 0. The van der Waals surface area contributed by atoms with E-state index in [0.29, 0.717) is 29.5 Å². The van der Waals surface area contributed by atoms with Crippen molar-refractivity contribution in [2.24, 2.45) is 4.99 Å². The van der Waals surface area contributed by atoms with Crippen molar-refractivity contribution in [3.05, 3.63) is 93.8 Å². The van der Waals surface area contributed by atoms with Gasteiger partial charge in [0.1, 0.15) is 11.1 Å². The monoisotopic (exact) mass is 573 g/mol. The molecule has 1 atom stereocenters. The van der Waals surface area contributed by atoms with Crippen LogP contribution in [0.15, 0.2) is 83.9 Å². The summed E-state index contributed by atoms with van der Waals surface area (Å²) >= 11 is 3.45. The molecule has 3 aromatic carbocycles. The second-order valence-corrected chi connectivity index (χ2v) is 9.87. The summed E-state index contributed by atoms with van der Waals surface area (Å²) in [6, 6.07) is 23.1. The molecule has 1 unspecified atom stereocenters. The zero-order chi connectivity index (χ0) is 23.2. The van der Waals surface area contributed by atoms with Gasteiger partial charge in [-0.3, -0.25) is 14.5 Å². The number of amidine groups is 1. The molecule has 0 saturated carbocycles. The summed E-state index contributed by atoms with van der Waals surface area (Å²) in [5.74, 6) is -0.764. The van der Waals surface area contributed by atoms with E-state index in [1.54, 1.807) is 17.0 Å². The van der Waals surface area contributed by atoms with Gasteiger partial charge < -0.3 is 5.32 Å². The molecular weight excluding hydrogens is 552 g/mol. The molecule has 5 nitrogen and oxygen atoms in total. The maximum Gasteiger partial charge on any atom is 0.238 e. The Hall–Kier alpha value is -2.72. The third-order valence-electron chi connectivity index (χ3n) is 5.06. The van der Waals surface area contributed by atoms with Gasteiger partial charge in [0.2, 0.25) is 11.8 Å². The van der Waals surface area contributed by atoms with E-state index in [2.05, 4.69) is 32.9 Å². The van der Waals surface area contributed by atoms with Crippen LogP contribution in [0.1, 0.15) is 12.0 Å². The van der Waals surface area contributed by atoms with Crippen molar-refractivity contribution >= 4 is 62.7 Å². The molecule has 3 aromatic rings. The van der Waals surface area contributed by atoms with Crippen LogP contribution in [-0.2, 0) is 16.0 Å². The van der Waals surface area contributed by atoms with Crippen molar-refractivity contribution in [2.45, 2.75) is 18.1 Å². The number of hydrogen-bond acceptors (Lipinski definition) is 4. The van der Waals surface area contributed by atoms with E-state index in [1.807, 2.05) is 54.6 Å². The molecule has 1 fully saturated rings. The van der Waals surface area contributed by atoms with Crippen LogP contribution in [0, 0.1) is 9.39 Å². The summed E-state index contributed by atoms with van der Waals surface area (Å²) in [6.45, 7) is 0.446. The Kier molecular flexibility index (Phi) is 7.77. The standard InChI is InChI=1S/C25H21FIN3O2S/c26-18-6-10-21(11-7-18)29-25-30(15-14-17-4-2-1-3-5-17)23(31)16-22(33-25)24(32)28-20-12-8-19(27)9-13-20/h1-13,22H,14-16H2,(H,28,32). The fourth-order valence-electron chi connectivity index (χ4n) is 3.33. The molecule has 0 radical (unpaired) electrons. The fraction of sp³-hybridized carbons (Fsp3) is 0.160. The first kappa shape index (κ1) is 23.4. The van der Waals surface area contributed by atoms with Gasteiger partial charge in [-0.15, -0.1) is 0 Å². The molecule has 168 valence electrons. The average molecular weight is 573 g/mol. The number of nitrogens with zero attached hydrogens (tertiary/aromatic N) is 2. The van der Waals surface area contributed by atoms with Crippen LogP contribution in [-0.4, -0.2) is 33.7 Å². The molecule has 1 heterocycles. The molecular formula is C25H21FIN3O2S. The first-order chi connectivity index (χ1) is 16.0. The number of thioether (sulfide) groups is 1. The number of amides is 2. The second-order valence-electron chi connectivity index (χ2n) is 7.46. The summed E-state index contributed by atoms with van der Waals surface area (Å²) in [4.78, 5) is 32.2. The van der Waals surface area contributed by atoms with E-state index in [1.165, 1.54) is 23.9 Å². The zero-order valence-corrected chi connectivity index (χ0v) is 20.6. The maximum absolute atomic E-state index is 13.3. The van der Waals surface area contributed by atoms with Crippen molar-refractivity contribution in [3.8, 4) is 0 Å². The largest absolute Gasteiger partial charge is 0.325 e. The molecule has 1 aliphatic rings. The van der Waals surface area contributed by atoms with Crippen molar-refractivity contribution in [3.63, 3.8) is 0 Å². The third-order valence-corrected chi connectivity index (χ3v) is 6.97. The number of carbonyl (C=O) groups excluding carboxylic acids is 2. The Balaban J connectivity index is 1.54. The Morgan fingerprint density at radius 1 is 1.06 bits per heavy atom. The van der Waals surface area contributed by atoms with E-state index in [4.69, 9.17) is 0 Å². The molecule has 33 heavy (non-hydrogen) atoms. The Labute approximate surface area is 209 Å². The number of hydrogen-bond donors (Lipinski definition) is 1. The second kappa shape index (κ2) is 10.9. The molecule has 4 rings (SSSR count). The number of nitrogens with one attached hydrogen (secondary N) is 1. The Morgan fingerprint density at radius 2 is 1.76 bits per heavy atom. The average Bonchev–Trinajstić information content (AvgIpc) is 2.82. The molecule has 1 aliphatic heterocycles. The van der Waals surface area contributed by atoms with E-state index in [9.17, 15) is 14.0 Å². The number of benzene rings is 3. The first-order valence-corrected chi connectivity index (χ1v) is 12.4. The molecule has 1 N–H and O–H groups in total. The van der Waals surface area contributed by atoms with Gasteiger partial charge in [-0.25, -0.2) is 9.38 Å². The lowest BCUT2D eigenvalue weighted by Crippen LogP contribution is -2.46. The van der Waals surface area contributed by atoms with Crippen LogP contribution < -0.4 is 5.32 Å². The van der Waals surface area contributed by atoms with Crippen molar-refractivity contribution < 1.29 is 14.0 Å². The van der Waals surface area contributed by atoms with E-state index < -0.39 is 5.25 Å². The predicted octanol–water partition coefficient (Wildman–Crippen LogP) is 5.63. The summed E-state index contributed by atoms with van der Waals surface area (Å²) in [5.41, 5.74) is 2.31. The lowest BCUT2D eigenvalue weighted by molar-refractivity contribution is -0.129. The van der Waals surface area contributed by atoms with E-state index >= 15 is 0 Å². The number of aliphatic imine (C=N–C) groups is 1. The van der Waals surface area contributed by atoms with E-state index in [-0.39, 0.29) is 24.1 Å². The molecule has 0 spiro atoms. The van der Waals surface area contributed by atoms with Gasteiger partial charge in [-0.05, 0) is 83.1 Å². The number of anilines is 1. The minimum absolute atomic E-state index is 0.0814. The highest BCUT2D eigenvalue weighted by Gasteiger charge is 2.35. The molecule has 0 aromatic heterocycles. The Morgan fingerprint density at radius 3 is 2.45 bits per heavy atom. The minimum atomic E-state index is -0.607. The summed E-state index contributed by atoms with van der Waals surface area (Å²) in [6.07, 6.45) is 0.743. The third kappa shape index (κ3) is 6.42. The van der Waals surface area contributed by atoms with Gasteiger partial charge in [-0.2, -0.15) is 0 Å². The SMILES string of the molecule is O=C(Nc1ccc(I)cc1)C1CC(=O)N(CCc2ccccc2)C(=Nc2ccc(F)cc2)S1. The lowest BCUT2D eigenvalue weighted by atomic mass is 10.1. The van der Waals surface area contributed by atoms with Gasteiger partial charge in [0, 0.05) is 22.2 Å². The predicted molar refractivity (Wildman–Crippen MR) is 139 cm³/mol. The van der Waals surface area contributed by atoms with Crippen molar-refractivity contribution in [1.29, 1.82) is 0 Å². The highest BCUT2D eigenvalue weighted by molar-refractivity contribution is 14.1. The number of rotatable bonds is 6. The van der Waals surface area contributed by atoms with Gasteiger partial charge in [0.05, 0.1) is 5.69 Å². The fourth-order valence-corrected chi connectivity index (χ4v) is 4.81. The van der Waals surface area contributed by atoms with E-state index in [0.717, 1.165) is 9.13 Å². The molecule has 2 amide bonds. The zero-order valence-electron chi connectivity index (χ0n) is 17.6. The summed E-state index contributed by atoms with van der Waals surface area (Å²) in [5, 5.41) is 2.72.